The predicted molar refractivity (Wildman–Crippen MR) is 302 cm³/mol. The first kappa shape index (κ1) is 86.6. The second kappa shape index (κ2) is 45.2. The van der Waals surface area contributed by atoms with Crippen molar-refractivity contribution in [2.24, 2.45) is 0 Å². The van der Waals surface area contributed by atoms with Crippen LogP contribution in [0.15, 0.2) is 0 Å². The molecule has 0 aromatic heterocycles. The van der Waals surface area contributed by atoms with E-state index in [4.69, 9.17) is 29.4 Å². The highest BCUT2D eigenvalue weighted by molar-refractivity contribution is 5.85. The van der Waals surface area contributed by atoms with Crippen molar-refractivity contribution < 1.29 is 171 Å². The minimum absolute atomic E-state index is 0.0147. The van der Waals surface area contributed by atoms with Crippen LogP contribution in [0.2, 0.25) is 0 Å². The normalized spacial score (nSPS) is 21.7. The summed E-state index contributed by atoms with van der Waals surface area (Å²) >= 11 is 0. The van der Waals surface area contributed by atoms with Gasteiger partial charge in [0.15, 0.2) is 0 Å². The standard InChI is InChI=1S/C50H97N9O34/c1-50(59(22-90-24-64)23-91-25-65)20-57(28(48(84)85)12-36(72)55(6-2-26(53-88)38(74)46(82)42(78)32(68)16-62)8-4-51-92-18-34(70)44(80)40(76)30(66)14-60)10-11-58(21-50)29(49(86)87)13-37(73)56(7-3-27(54-89)39(75)47(83)43(79)33(69)17-63)9-5-52-93-19-35(71)45(81)41(77)31(67)15-61/h24-35,38-47,51-54,60-63,66-71,74-83,88-89H,2-23H2,1H3,(H,84,85)(H,86,87). The van der Waals surface area contributed by atoms with E-state index in [1.807, 2.05) is 0 Å². The lowest BCUT2D eigenvalue weighted by Gasteiger charge is -2.44. The monoisotopic (exact) mass is 1370 g/mol. The fraction of sp³-hybridized carbons (Fsp3) is 0.880. The molecule has 1 fully saturated rings. The minimum atomic E-state index is -2.24. The Bertz CT molecular complexity index is 1980. The first-order chi connectivity index (χ1) is 43.8. The Labute approximate surface area is 531 Å². The Hall–Kier alpha value is -4.42. The van der Waals surface area contributed by atoms with Gasteiger partial charge in [-0.2, -0.15) is 11.0 Å². The molecule has 0 radical (unpaired) electrons. The highest BCUT2D eigenvalue weighted by Crippen LogP contribution is 2.27. The fourth-order valence-corrected chi connectivity index (χ4v) is 9.60. The number of hydrogen-bond donors (Lipinski definition) is 28. The number of nitrogens with one attached hydrogen (secondary N) is 4. The largest absolute Gasteiger partial charge is 0.480 e. The molecule has 1 saturated heterocycles. The summed E-state index contributed by atoms with van der Waals surface area (Å²) in [7, 11) is 0. The van der Waals surface area contributed by atoms with Gasteiger partial charge < -0.3 is 142 Å². The lowest BCUT2D eigenvalue weighted by Crippen LogP contribution is -2.61. The first-order valence-electron chi connectivity index (χ1n) is 29.0. The molecule has 1 heterocycles. The molecule has 0 aromatic carbocycles. The number of hydroxylamine groups is 4. The minimum Gasteiger partial charge on any atom is -0.480 e. The van der Waals surface area contributed by atoms with E-state index in [-0.39, 0.29) is 12.9 Å². The Morgan fingerprint density at radius 1 is 0.473 bits per heavy atom. The highest BCUT2D eigenvalue weighted by atomic mass is 16.7. The van der Waals surface area contributed by atoms with Crippen LogP contribution in [0.3, 0.4) is 0 Å². The zero-order valence-electron chi connectivity index (χ0n) is 50.8. The van der Waals surface area contributed by atoms with Gasteiger partial charge in [-0.15, -0.1) is 0 Å². The van der Waals surface area contributed by atoms with E-state index in [0.29, 0.717) is 0 Å². The van der Waals surface area contributed by atoms with Crippen molar-refractivity contribution in [2.75, 3.05) is 119 Å². The summed E-state index contributed by atoms with van der Waals surface area (Å²) in [5.41, 5.74) is 6.33. The van der Waals surface area contributed by atoms with E-state index in [0.717, 1.165) is 14.7 Å². The molecule has 1 rings (SSSR count). The number of nitrogens with zero attached hydrogens (tertiary/aromatic N) is 5. The molecule has 28 N–H and O–H groups in total. The van der Waals surface area contributed by atoms with Crippen molar-refractivity contribution in [1.82, 2.24) is 46.4 Å². The summed E-state index contributed by atoms with van der Waals surface area (Å²) < 4.78 is 10.00. The van der Waals surface area contributed by atoms with Gasteiger partial charge >= 0.3 is 11.9 Å². The van der Waals surface area contributed by atoms with Crippen LogP contribution in [-0.4, -0.2) is 430 Å². The zero-order valence-corrected chi connectivity index (χ0v) is 50.8. The smallest absolute Gasteiger partial charge is 0.321 e. The van der Waals surface area contributed by atoms with E-state index in [1.54, 1.807) is 11.0 Å². The number of aliphatic hydroxyl groups excluding tert-OH is 20. The average Bonchev–Trinajstić information content (AvgIpc) is 1.73. The molecule has 0 saturated carbocycles. The molecule has 20 unspecified atom stereocenters. The number of aliphatic hydroxyl groups is 20. The quantitative estimate of drug-likeness (QED) is 0.0116. The second-order valence-corrected chi connectivity index (χ2v) is 22.1. The van der Waals surface area contributed by atoms with Gasteiger partial charge in [0.1, 0.15) is 123 Å². The lowest BCUT2D eigenvalue weighted by atomic mass is 9.96. The average molecular weight is 1370 g/mol. The van der Waals surface area contributed by atoms with Gasteiger partial charge in [-0.05, 0) is 19.8 Å². The molecule has 1 aliphatic heterocycles. The molecule has 20 atom stereocenters. The number of ether oxygens (including phenoxy) is 2. The number of aliphatic carboxylic acids is 2. The first-order valence-corrected chi connectivity index (χ1v) is 29.0. The number of hydrogen-bond acceptors (Lipinski definition) is 39. The summed E-state index contributed by atoms with van der Waals surface area (Å²) in [4.78, 5) is 94.8. The molecule has 43 heteroatoms. The topological polar surface area (TPSA) is 689 Å². The fourth-order valence-electron chi connectivity index (χ4n) is 9.60. The predicted octanol–water partition coefficient (Wildman–Crippen LogP) is -16.5. The van der Waals surface area contributed by atoms with Crippen LogP contribution in [0, 0.1) is 0 Å². The van der Waals surface area contributed by atoms with Gasteiger partial charge in [-0.3, -0.25) is 48.2 Å². The summed E-state index contributed by atoms with van der Waals surface area (Å²) in [6.07, 6.45) is -35.9. The molecule has 546 valence electrons. The van der Waals surface area contributed by atoms with Crippen LogP contribution < -0.4 is 21.9 Å². The molecule has 0 bridgehead atoms. The molecule has 0 spiro atoms. The van der Waals surface area contributed by atoms with Gasteiger partial charge in [0.2, 0.25) is 11.8 Å². The Kier molecular flexibility index (Phi) is 42.0. The van der Waals surface area contributed by atoms with Crippen LogP contribution in [0.1, 0.15) is 32.6 Å². The molecule has 0 aromatic rings. The maximum Gasteiger partial charge on any atom is 0.321 e. The van der Waals surface area contributed by atoms with Crippen molar-refractivity contribution in [2.45, 2.75) is 160 Å². The number of carbonyl (C=O) groups is 6. The number of carbonyl (C=O) groups excluding carboxylic acids is 4. The van der Waals surface area contributed by atoms with Gasteiger partial charge in [0.25, 0.3) is 12.9 Å². The van der Waals surface area contributed by atoms with Crippen molar-refractivity contribution >= 4 is 36.7 Å². The third-order valence-electron chi connectivity index (χ3n) is 15.5. The van der Waals surface area contributed by atoms with E-state index >= 15 is 0 Å². The number of carboxylic acids is 2. The highest BCUT2D eigenvalue weighted by Gasteiger charge is 2.46. The molecular formula is C50H97N9O34. The van der Waals surface area contributed by atoms with E-state index in [1.165, 1.54) is 16.7 Å². The van der Waals surface area contributed by atoms with Crippen LogP contribution in [-0.2, 0) is 47.9 Å². The molecule has 93 heavy (non-hydrogen) atoms. The zero-order chi connectivity index (χ0) is 70.9. The van der Waals surface area contributed by atoms with Crippen molar-refractivity contribution in [3.8, 4) is 0 Å². The van der Waals surface area contributed by atoms with Gasteiger partial charge in [-0.1, -0.05) is 0 Å². The Morgan fingerprint density at radius 2 is 0.774 bits per heavy atom. The maximum absolute atomic E-state index is 14.5. The summed E-state index contributed by atoms with van der Waals surface area (Å²) in [6, 6.07) is -7.13. The van der Waals surface area contributed by atoms with Crippen molar-refractivity contribution in [3.05, 3.63) is 0 Å². The molecule has 43 nitrogen and oxygen atoms in total. The van der Waals surface area contributed by atoms with Crippen molar-refractivity contribution in [1.29, 1.82) is 0 Å². The van der Waals surface area contributed by atoms with E-state index in [9.17, 15) is 141 Å². The van der Waals surface area contributed by atoms with Crippen molar-refractivity contribution in [3.63, 3.8) is 0 Å². The van der Waals surface area contributed by atoms with Crippen LogP contribution >= 0.6 is 0 Å². The molecule has 0 aliphatic carbocycles. The van der Waals surface area contributed by atoms with Crippen LogP contribution in [0.25, 0.3) is 0 Å². The second-order valence-electron chi connectivity index (χ2n) is 22.1. The number of rotatable bonds is 53. The third kappa shape index (κ3) is 28.3. The van der Waals surface area contributed by atoms with Gasteiger partial charge in [0.05, 0.1) is 64.6 Å². The van der Waals surface area contributed by atoms with Crippen LogP contribution in [0.4, 0.5) is 0 Å². The van der Waals surface area contributed by atoms with Gasteiger partial charge in [0, 0.05) is 71.0 Å². The summed E-state index contributed by atoms with van der Waals surface area (Å²) in [6.45, 7) is -10.8. The Morgan fingerprint density at radius 3 is 1.05 bits per heavy atom. The summed E-state index contributed by atoms with van der Waals surface area (Å²) in [5, 5.41) is 242. The molecular weight excluding hydrogens is 1270 g/mol. The lowest BCUT2D eigenvalue weighted by molar-refractivity contribution is -0.155. The van der Waals surface area contributed by atoms with Crippen LogP contribution in [0.5, 0.6) is 0 Å². The summed E-state index contributed by atoms with van der Waals surface area (Å²) in [5.74, 6) is -5.45. The number of amides is 2. The SMILES string of the molecule is CC1(N(COC=O)COC=O)CN(C(CC(=O)N(CCNOCC(O)C(O)C(O)C(O)CO)CCC(NO)C(O)C(O)C(O)C(O)CO)C(=O)O)CCN(C(CC(=O)N(CCNOCC(O)C(O)C(O)C(O)CO)CCC(NO)C(O)C(O)C(O)C(O)CO)C(=O)O)C1. The Balaban J connectivity index is 3.87. The van der Waals surface area contributed by atoms with Gasteiger partial charge in [-0.25, -0.2) is 15.9 Å². The third-order valence-corrected chi connectivity index (χ3v) is 15.5. The van der Waals surface area contributed by atoms with E-state index < -0.39 is 295 Å². The van der Waals surface area contributed by atoms with E-state index in [2.05, 4.69) is 11.0 Å². The maximum atomic E-state index is 14.5. The number of carboxylic acid groups (broad SMARTS) is 2. The molecule has 2 amide bonds. The molecule has 1 aliphatic rings.